The summed E-state index contributed by atoms with van der Waals surface area (Å²) in [5.41, 5.74) is 2.46. The molecule has 0 unspecified atom stereocenters. The molecule has 0 aliphatic carbocycles. The van der Waals surface area contributed by atoms with Gasteiger partial charge in [0.15, 0.2) is 6.10 Å². The number of carbonyl (C=O) groups is 2. The summed E-state index contributed by atoms with van der Waals surface area (Å²) in [5, 5.41) is 12.0. The molecule has 6 nitrogen and oxygen atoms in total. The van der Waals surface area contributed by atoms with Crippen molar-refractivity contribution in [2.24, 2.45) is 0 Å². The van der Waals surface area contributed by atoms with Crippen LogP contribution in [0.25, 0.3) is 6.08 Å². The van der Waals surface area contributed by atoms with E-state index in [-0.39, 0.29) is 0 Å². The topological polar surface area (TPSA) is 88.4 Å². The molecule has 1 atom stereocenters. The van der Waals surface area contributed by atoms with Crippen LogP contribution >= 0.6 is 11.6 Å². The second-order valence-electron chi connectivity index (χ2n) is 5.94. The Kier molecular flexibility index (Phi) is 7.19. The molecule has 2 aromatic rings. The van der Waals surface area contributed by atoms with E-state index in [1.165, 1.54) is 20.1 Å². The van der Waals surface area contributed by atoms with Crippen LogP contribution in [0.2, 0.25) is 5.02 Å². The van der Waals surface area contributed by atoms with Gasteiger partial charge >= 0.3 is 5.97 Å². The second kappa shape index (κ2) is 9.58. The summed E-state index contributed by atoms with van der Waals surface area (Å²) in [4.78, 5) is 24.3. The third kappa shape index (κ3) is 5.60. The lowest BCUT2D eigenvalue weighted by atomic mass is 10.1. The SMILES string of the molecule is COc1cc(Cl)c(C)cc1NC(=O)[C@H](C)OC(=O)/C=C/c1ccc(C#N)cc1. The van der Waals surface area contributed by atoms with E-state index in [9.17, 15) is 9.59 Å². The number of ether oxygens (including phenoxy) is 2. The van der Waals surface area contributed by atoms with E-state index >= 15 is 0 Å². The largest absolute Gasteiger partial charge is 0.495 e. The monoisotopic (exact) mass is 398 g/mol. The molecule has 0 bridgehead atoms. The number of rotatable bonds is 6. The van der Waals surface area contributed by atoms with Crippen molar-refractivity contribution in [3.63, 3.8) is 0 Å². The van der Waals surface area contributed by atoms with Crippen LogP contribution in [0.1, 0.15) is 23.6 Å². The summed E-state index contributed by atoms with van der Waals surface area (Å²) in [6, 6.07) is 12.0. The molecule has 0 saturated heterocycles. The lowest BCUT2D eigenvalue weighted by Crippen LogP contribution is -2.29. The lowest BCUT2D eigenvalue weighted by molar-refractivity contribution is -0.148. The van der Waals surface area contributed by atoms with Crippen molar-refractivity contribution in [2.75, 3.05) is 12.4 Å². The maximum atomic E-state index is 12.3. The zero-order chi connectivity index (χ0) is 20.7. The fourth-order valence-corrected chi connectivity index (χ4v) is 2.42. The highest BCUT2D eigenvalue weighted by atomic mass is 35.5. The Labute approximate surface area is 168 Å². The Hall–Kier alpha value is -3.30. The number of methoxy groups -OCH3 is 1. The molecule has 144 valence electrons. The second-order valence-corrected chi connectivity index (χ2v) is 6.34. The quantitative estimate of drug-likeness (QED) is 0.584. The molecule has 0 fully saturated rings. The molecular weight excluding hydrogens is 380 g/mol. The molecule has 7 heteroatoms. The van der Waals surface area contributed by atoms with Crippen molar-refractivity contribution in [1.82, 2.24) is 0 Å². The van der Waals surface area contributed by atoms with Gasteiger partial charge in [0.05, 0.1) is 24.4 Å². The van der Waals surface area contributed by atoms with E-state index in [1.807, 2.05) is 6.07 Å². The number of benzene rings is 2. The number of nitriles is 1. The predicted molar refractivity (Wildman–Crippen MR) is 107 cm³/mol. The van der Waals surface area contributed by atoms with Crippen LogP contribution in [0.5, 0.6) is 5.75 Å². The van der Waals surface area contributed by atoms with E-state index in [4.69, 9.17) is 26.3 Å². The number of halogens is 1. The molecule has 2 aromatic carbocycles. The fourth-order valence-electron chi connectivity index (χ4n) is 2.26. The van der Waals surface area contributed by atoms with Gasteiger partial charge in [-0.15, -0.1) is 0 Å². The van der Waals surface area contributed by atoms with E-state index in [1.54, 1.807) is 49.4 Å². The zero-order valence-electron chi connectivity index (χ0n) is 15.7. The molecule has 2 rings (SSSR count). The third-order valence-electron chi connectivity index (χ3n) is 3.85. The summed E-state index contributed by atoms with van der Waals surface area (Å²) >= 11 is 6.05. The highest BCUT2D eigenvalue weighted by Gasteiger charge is 2.19. The number of esters is 1. The van der Waals surface area contributed by atoms with Gasteiger partial charge in [-0.1, -0.05) is 23.7 Å². The smallest absolute Gasteiger partial charge is 0.331 e. The van der Waals surface area contributed by atoms with Crippen molar-refractivity contribution in [3.8, 4) is 11.8 Å². The number of nitrogens with one attached hydrogen (secondary N) is 1. The maximum Gasteiger partial charge on any atom is 0.331 e. The third-order valence-corrected chi connectivity index (χ3v) is 4.26. The molecular formula is C21H19ClN2O4. The first-order valence-electron chi connectivity index (χ1n) is 8.38. The van der Waals surface area contributed by atoms with Gasteiger partial charge in [-0.3, -0.25) is 4.79 Å². The first kappa shape index (κ1) is 21.0. The highest BCUT2D eigenvalue weighted by molar-refractivity contribution is 6.31. The number of hydrogen-bond donors (Lipinski definition) is 1. The molecule has 0 radical (unpaired) electrons. The van der Waals surface area contributed by atoms with Gasteiger partial charge in [0, 0.05) is 17.2 Å². The van der Waals surface area contributed by atoms with Crippen molar-refractivity contribution in [1.29, 1.82) is 5.26 Å². The number of nitrogens with zero attached hydrogens (tertiary/aromatic N) is 1. The van der Waals surface area contributed by atoms with E-state index in [0.717, 1.165) is 11.1 Å². The minimum atomic E-state index is -1.01. The molecule has 0 aromatic heterocycles. The van der Waals surface area contributed by atoms with Gasteiger partial charge < -0.3 is 14.8 Å². The van der Waals surface area contributed by atoms with Crippen molar-refractivity contribution >= 4 is 35.2 Å². The van der Waals surface area contributed by atoms with Crippen LogP contribution in [-0.2, 0) is 14.3 Å². The average Bonchev–Trinajstić information content (AvgIpc) is 2.69. The van der Waals surface area contributed by atoms with E-state index < -0.39 is 18.0 Å². The number of anilines is 1. The maximum absolute atomic E-state index is 12.3. The number of hydrogen-bond acceptors (Lipinski definition) is 5. The molecule has 0 heterocycles. The van der Waals surface area contributed by atoms with Crippen LogP contribution in [0.4, 0.5) is 5.69 Å². The molecule has 0 saturated carbocycles. The summed E-state index contributed by atoms with van der Waals surface area (Å²) in [6.45, 7) is 3.27. The summed E-state index contributed by atoms with van der Waals surface area (Å²) in [5.74, 6) is -0.755. The molecule has 1 amide bonds. The Morgan fingerprint density at radius 1 is 1.25 bits per heavy atom. The van der Waals surface area contributed by atoms with Crippen molar-refractivity contribution in [2.45, 2.75) is 20.0 Å². The Morgan fingerprint density at radius 2 is 1.93 bits per heavy atom. The minimum absolute atomic E-state index is 0.406. The van der Waals surface area contributed by atoms with E-state index in [0.29, 0.717) is 22.0 Å². The molecule has 0 spiro atoms. The molecule has 28 heavy (non-hydrogen) atoms. The van der Waals surface area contributed by atoms with Gasteiger partial charge in [-0.2, -0.15) is 5.26 Å². The first-order valence-corrected chi connectivity index (χ1v) is 8.75. The van der Waals surface area contributed by atoms with Crippen molar-refractivity contribution < 1.29 is 19.1 Å². The van der Waals surface area contributed by atoms with Gasteiger partial charge in [-0.25, -0.2) is 4.79 Å². The normalized spacial score (nSPS) is 11.5. The van der Waals surface area contributed by atoms with Crippen LogP contribution in [0.15, 0.2) is 42.5 Å². The molecule has 1 N–H and O–H groups in total. The van der Waals surface area contributed by atoms with Gasteiger partial charge in [-0.05, 0) is 49.2 Å². The minimum Gasteiger partial charge on any atom is -0.495 e. The van der Waals surface area contributed by atoms with Crippen molar-refractivity contribution in [3.05, 3.63) is 64.2 Å². The standard InChI is InChI=1S/C21H19ClN2O4/c1-13-10-18(19(27-3)11-17(13)22)24-21(26)14(2)28-20(25)9-8-15-4-6-16(12-23)7-5-15/h4-11,14H,1-3H3,(H,24,26)/b9-8+/t14-/m0/s1. The zero-order valence-corrected chi connectivity index (χ0v) is 16.4. The summed E-state index contributed by atoms with van der Waals surface area (Å²) < 4.78 is 10.3. The number of carbonyl (C=O) groups excluding carboxylic acids is 2. The number of amides is 1. The van der Waals surface area contributed by atoms with Gasteiger partial charge in [0.2, 0.25) is 0 Å². The lowest BCUT2D eigenvalue weighted by Gasteiger charge is -2.15. The highest BCUT2D eigenvalue weighted by Crippen LogP contribution is 2.31. The van der Waals surface area contributed by atoms with Gasteiger partial charge in [0.1, 0.15) is 5.75 Å². The van der Waals surface area contributed by atoms with Gasteiger partial charge in [0.25, 0.3) is 5.91 Å². The molecule has 0 aliphatic heterocycles. The van der Waals surface area contributed by atoms with Crippen LogP contribution < -0.4 is 10.1 Å². The van der Waals surface area contributed by atoms with E-state index in [2.05, 4.69) is 5.32 Å². The van der Waals surface area contributed by atoms with Crippen LogP contribution in [0.3, 0.4) is 0 Å². The summed E-state index contributed by atoms with van der Waals surface area (Å²) in [6.07, 6.45) is 1.75. The Bertz CT molecular complexity index is 946. The van der Waals surface area contributed by atoms with Crippen LogP contribution in [-0.4, -0.2) is 25.1 Å². The average molecular weight is 399 g/mol. The summed E-state index contributed by atoms with van der Waals surface area (Å²) in [7, 11) is 1.47. The number of aryl methyl sites for hydroxylation is 1. The first-order chi connectivity index (χ1) is 13.3. The fraction of sp³-hybridized carbons (Fsp3) is 0.190. The Morgan fingerprint density at radius 3 is 2.54 bits per heavy atom. The Balaban J connectivity index is 1.98. The van der Waals surface area contributed by atoms with Crippen LogP contribution in [0, 0.1) is 18.3 Å². The predicted octanol–water partition coefficient (Wildman–Crippen LogP) is 4.11. The molecule has 0 aliphatic rings.